The van der Waals surface area contributed by atoms with Crippen LogP contribution in [0.4, 0.5) is 19.0 Å². The molecule has 0 aliphatic heterocycles. The van der Waals surface area contributed by atoms with Crippen LogP contribution in [-0.2, 0) is 6.18 Å². The Balaban J connectivity index is 2.69. The van der Waals surface area contributed by atoms with E-state index in [1.807, 2.05) is 0 Å². The molecule has 2 N–H and O–H groups in total. The van der Waals surface area contributed by atoms with Crippen LogP contribution in [0.15, 0.2) is 6.33 Å². The third-order valence-corrected chi connectivity index (χ3v) is 2.47. The number of fused-ring (bicyclic) bond motifs is 1. The molecule has 0 aliphatic rings. The maximum Gasteiger partial charge on any atom is 0.443 e. The molecule has 0 atom stereocenters. The fourth-order valence-corrected chi connectivity index (χ4v) is 1.67. The molecular formula is C6H3F3N4S. The van der Waals surface area contributed by atoms with E-state index in [4.69, 9.17) is 5.73 Å². The summed E-state index contributed by atoms with van der Waals surface area (Å²) in [5.41, 5.74) is 5.34. The lowest BCUT2D eigenvalue weighted by Gasteiger charge is -1.98. The Bertz CT molecular complexity index is 477. The number of halogens is 3. The van der Waals surface area contributed by atoms with E-state index in [2.05, 4.69) is 15.0 Å². The number of aromatic nitrogens is 3. The van der Waals surface area contributed by atoms with E-state index in [1.54, 1.807) is 0 Å². The molecule has 0 spiro atoms. The molecule has 8 heteroatoms. The highest BCUT2D eigenvalue weighted by molar-refractivity contribution is 7.18. The monoisotopic (exact) mass is 220 g/mol. The van der Waals surface area contributed by atoms with E-state index in [0.717, 1.165) is 6.33 Å². The summed E-state index contributed by atoms with van der Waals surface area (Å²) < 4.78 is 36.7. The fraction of sp³-hybridized carbons (Fsp3) is 0.167. The van der Waals surface area contributed by atoms with Crippen molar-refractivity contribution in [3.63, 3.8) is 0 Å². The van der Waals surface area contributed by atoms with E-state index in [-0.39, 0.29) is 16.2 Å². The number of hydrogen-bond donors (Lipinski definition) is 1. The number of rotatable bonds is 0. The molecule has 0 saturated heterocycles. The Morgan fingerprint density at radius 2 is 2.00 bits per heavy atom. The average molecular weight is 220 g/mol. The van der Waals surface area contributed by atoms with Gasteiger partial charge in [0, 0.05) is 0 Å². The molecule has 74 valence electrons. The van der Waals surface area contributed by atoms with Crippen molar-refractivity contribution in [2.45, 2.75) is 6.18 Å². The highest BCUT2D eigenvalue weighted by atomic mass is 32.1. The highest BCUT2D eigenvalue weighted by Gasteiger charge is 2.35. The fourth-order valence-electron chi connectivity index (χ4n) is 0.892. The Morgan fingerprint density at radius 1 is 1.29 bits per heavy atom. The van der Waals surface area contributed by atoms with Crippen LogP contribution in [0, 0.1) is 0 Å². The van der Waals surface area contributed by atoms with Crippen molar-refractivity contribution in [2.24, 2.45) is 0 Å². The quantitative estimate of drug-likeness (QED) is 0.733. The van der Waals surface area contributed by atoms with Gasteiger partial charge in [0.05, 0.1) is 0 Å². The second-order valence-electron chi connectivity index (χ2n) is 2.43. The van der Waals surface area contributed by atoms with Gasteiger partial charge in [-0.05, 0) is 0 Å². The minimum absolute atomic E-state index is 0.00447. The number of anilines is 1. The summed E-state index contributed by atoms with van der Waals surface area (Å²) in [6, 6.07) is 0. The van der Waals surface area contributed by atoms with E-state index < -0.39 is 11.2 Å². The number of nitrogens with two attached hydrogens (primary N) is 1. The second kappa shape index (κ2) is 2.77. The van der Waals surface area contributed by atoms with Crippen molar-refractivity contribution in [3.05, 3.63) is 11.3 Å². The summed E-state index contributed by atoms with van der Waals surface area (Å²) in [5, 5.41) is -0.959. The van der Waals surface area contributed by atoms with Crippen LogP contribution >= 0.6 is 11.3 Å². The van der Waals surface area contributed by atoms with Gasteiger partial charge in [-0.3, -0.25) is 0 Å². The Kier molecular flexibility index (Phi) is 1.81. The number of nitrogens with zero attached hydrogens (tertiary/aromatic N) is 3. The molecule has 0 aromatic carbocycles. The summed E-state index contributed by atoms with van der Waals surface area (Å²) in [7, 11) is 0. The molecule has 4 nitrogen and oxygen atoms in total. The normalized spacial score (nSPS) is 12.2. The van der Waals surface area contributed by atoms with Gasteiger partial charge in [-0.15, -0.1) is 0 Å². The van der Waals surface area contributed by atoms with Crippen LogP contribution in [-0.4, -0.2) is 15.0 Å². The maximum atomic E-state index is 12.2. The third-order valence-electron chi connectivity index (χ3n) is 1.47. The number of thiazole rings is 1. The van der Waals surface area contributed by atoms with Crippen LogP contribution in [0.25, 0.3) is 10.3 Å². The Hall–Kier alpha value is -1.44. The van der Waals surface area contributed by atoms with E-state index in [9.17, 15) is 13.2 Å². The molecule has 2 heterocycles. The predicted molar refractivity (Wildman–Crippen MR) is 44.6 cm³/mol. The topological polar surface area (TPSA) is 64.7 Å². The van der Waals surface area contributed by atoms with Gasteiger partial charge in [0.1, 0.15) is 16.7 Å². The van der Waals surface area contributed by atoms with Crippen LogP contribution < -0.4 is 5.73 Å². The molecule has 0 aliphatic carbocycles. The Labute approximate surface area is 79.6 Å². The first-order chi connectivity index (χ1) is 6.48. The number of nitrogen functional groups attached to an aromatic ring is 1. The van der Waals surface area contributed by atoms with E-state index in [0.29, 0.717) is 11.3 Å². The standard InChI is InChI=1S/C6H3F3N4S/c7-6(8,9)5-13-2-3(10)11-1-12-4(2)14-5/h1H,(H2,10,11,12). The predicted octanol–water partition coefficient (Wildman–Crippen LogP) is 1.69. The van der Waals surface area contributed by atoms with Crippen molar-refractivity contribution < 1.29 is 13.2 Å². The molecule has 0 amide bonds. The van der Waals surface area contributed by atoms with Crippen molar-refractivity contribution in [1.82, 2.24) is 15.0 Å². The van der Waals surface area contributed by atoms with E-state index in [1.165, 1.54) is 0 Å². The van der Waals surface area contributed by atoms with Gasteiger partial charge in [-0.1, -0.05) is 11.3 Å². The van der Waals surface area contributed by atoms with Gasteiger partial charge in [-0.25, -0.2) is 15.0 Å². The summed E-state index contributed by atoms with van der Waals surface area (Å²) in [6.07, 6.45) is -3.35. The molecule has 2 rings (SSSR count). The van der Waals surface area contributed by atoms with Gasteiger partial charge >= 0.3 is 6.18 Å². The molecule has 0 unspecified atom stereocenters. The van der Waals surface area contributed by atoms with Crippen molar-refractivity contribution >= 4 is 27.5 Å². The van der Waals surface area contributed by atoms with Crippen molar-refractivity contribution in [1.29, 1.82) is 0 Å². The Morgan fingerprint density at radius 3 is 2.57 bits per heavy atom. The molecule has 14 heavy (non-hydrogen) atoms. The highest BCUT2D eigenvalue weighted by Crippen LogP contribution is 2.35. The average Bonchev–Trinajstić information content (AvgIpc) is 2.48. The third kappa shape index (κ3) is 1.37. The number of hydrogen-bond acceptors (Lipinski definition) is 5. The van der Waals surface area contributed by atoms with E-state index >= 15 is 0 Å². The van der Waals surface area contributed by atoms with Crippen molar-refractivity contribution in [3.8, 4) is 0 Å². The van der Waals surface area contributed by atoms with Gasteiger partial charge < -0.3 is 5.73 Å². The zero-order valence-electron chi connectivity index (χ0n) is 6.54. The molecule has 0 radical (unpaired) electrons. The molecule has 2 aromatic heterocycles. The largest absolute Gasteiger partial charge is 0.443 e. The zero-order valence-corrected chi connectivity index (χ0v) is 7.35. The minimum Gasteiger partial charge on any atom is -0.382 e. The van der Waals surface area contributed by atoms with Gasteiger partial charge in [-0.2, -0.15) is 13.2 Å². The first kappa shape index (κ1) is 9.13. The van der Waals surface area contributed by atoms with Crippen molar-refractivity contribution in [2.75, 3.05) is 5.73 Å². The van der Waals surface area contributed by atoms with Crippen LogP contribution in [0.2, 0.25) is 0 Å². The molecule has 0 bridgehead atoms. The molecule has 0 saturated carbocycles. The summed E-state index contributed by atoms with van der Waals surface area (Å²) in [5.74, 6) is -0.0400. The van der Waals surface area contributed by atoms with Crippen LogP contribution in [0.3, 0.4) is 0 Å². The van der Waals surface area contributed by atoms with Gasteiger partial charge in [0.2, 0.25) is 5.01 Å². The summed E-state index contributed by atoms with van der Waals surface area (Å²) >= 11 is 0.451. The first-order valence-electron chi connectivity index (χ1n) is 3.42. The first-order valence-corrected chi connectivity index (χ1v) is 4.24. The van der Waals surface area contributed by atoms with Crippen LogP contribution in [0.1, 0.15) is 5.01 Å². The van der Waals surface area contributed by atoms with Gasteiger partial charge in [0.15, 0.2) is 5.82 Å². The minimum atomic E-state index is -4.46. The SMILES string of the molecule is Nc1ncnc2sc(C(F)(F)F)nc12. The van der Waals surface area contributed by atoms with Crippen LogP contribution in [0.5, 0.6) is 0 Å². The van der Waals surface area contributed by atoms with Gasteiger partial charge in [0.25, 0.3) is 0 Å². The lowest BCUT2D eigenvalue weighted by Crippen LogP contribution is -2.03. The smallest absolute Gasteiger partial charge is 0.382 e. The molecule has 2 aromatic rings. The second-order valence-corrected chi connectivity index (χ2v) is 3.41. The zero-order chi connectivity index (χ0) is 10.3. The summed E-state index contributed by atoms with van der Waals surface area (Å²) in [4.78, 5) is 10.7. The maximum absolute atomic E-state index is 12.2. The lowest BCUT2D eigenvalue weighted by atomic mass is 10.5. The molecular weight excluding hydrogens is 217 g/mol. The number of alkyl halides is 3. The molecule has 0 fully saturated rings. The lowest BCUT2D eigenvalue weighted by molar-refractivity contribution is -0.137. The summed E-state index contributed by atoms with van der Waals surface area (Å²) in [6.45, 7) is 0.